The van der Waals surface area contributed by atoms with Crippen LogP contribution in [0.4, 0.5) is 5.69 Å². The molecule has 0 aromatic heterocycles. The zero-order chi connectivity index (χ0) is 9.68. The second-order valence-electron chi connectivity index (χ2n) is 2.23. The zero-order valence-electron chi connectivity index (χ0n) is 7.39. The van der Waals surface area contributed by atoms with Gasteiger partial charge in [0.15, 0.2) is 5.03 Å². The number of nitrogens with one attached hydrogen (secondary N) is 2. The largest absolute Gasteiger partial charge is 0.497 e. The predicted molar refractivity (Wildman–Crippen MR) is 57.1 cm³/mol. The Morgan fingerprint density at radius 1 is 1.50 bits per heavy atom. The molecule has 7 heteroatoms. The first-order valence-electron chi connectivity index (χ1n) is 3.52. The van der Waals surface area contributed by atoms with Gasteiger partial charge >= 0.3 is 0 Å². The molecule has 0 aliphatic heterocycles. The van der Waals surface area contributed by atoms with E-state index in [1.165, 1.54) is 7.11 Å². The Balaban J connectivity index is 0.00000169. The molecule has 0 heterocycles. The number of nitrogens with zero attached hydrogens (tertiary/aromatic N) is 1. The Labute approximate surface area is 91.1 Å². The van der Waals surface area contributed by atoms with Gasteiger partial charge in [-0.2, -0.15) is 0 Å². The van der Waals surface area contributed by atoms with Crippen molar-refractivity contribution in [3.8, 4) is 5.75 Å². The maximum atomic E-state index is 9.93. The fourth-order valence-electron chi connectivity index (χ4n) is 0.811. The average Bonchev–Trinajstić information content (AvgIpc) is 2.15. The summed E-state index contributed by atoms with van der Waals surface area (Å²) in [5.41, 5.74) is 4.79. The first kappa shape index (κ1) is 12.5. The van der Waals surface area contributed by atoms with Crippen molar-refractivity contribution in [1.29, 1.82) is 0 Å². The van der Waals surface area contributed by atoms with Gasteiger partial charge in [0, 0.05) is 6.07 Å². The molecule has 0 atom stereocenters. The van der Waals surface area contributed by atoms with Gasteiger partial charge in [0.1, 0.15) is 5.75 Å². The van der Waals surface area contributed by atoms with Gasteiger partial charge in [-0.15, -0.1) is 17.0 Å². The van der Waals surface area contributed by atoms with E-state index in [1.54, 1.807) is 24.3 Å². The Bertz CT molecular complexity index is 308. The normalized spacial score (nSPS) is 8.36. The third-order valence-corrected chi connectivity index (χ3v) is 1.36. The summed E-state index contributed by atoms with van der Waals surface area (Å²) in [5.74, 6) is 0.634. The van der Waals surface area contributed by atoms with Crippen LogP contribution in [-0.2, 0) is 0 Å². The number of ether oxygens (including phenoxy) is 1. The van der Waals surface area contributed by atoms with Gasteiger partial charge < -0.3 is 4.74 Å². The van der Waals surface area contributed by atoms with Crippen LogP contribution in [0.1, 0.15) is 0 Å². The molecule has 0 unspecified atom stereocenters. The molecule has 0 aliphatic rings. The highest BCUT2D eigenvalue weighted by atomic mass is 79.9. The second-order valence-corrected chi connectivity index (χ2v) is 2.23. The minimum absolute atomic E-state index is 0. The van der Waals surface area contributed by atoms with Crippen LogP contribution in [0, 0.1) is 10.1 Å². The van der Waals surface area contributed by atoms with Crippen molar-refractivity contribution >= 4 is 22.7 Å². The number of rotatable bonds is 4. The van der Waals surface area contributed by atoms with Crippen LogP contribution in [0.3, 0.4) is 0 Å². The minimum atomic E-state index is -0.681. The van der Waals surface area contributed by atoms with Gasteiger partial charge in [-0.3, -0.25) is 0 Å². The third kappa shape index (κ3) is 3.94. The molecule has 0 saturated heterocycles. The number of hydrogen-bond acceptors (Lipinski definition) is 4. The van der Waals surface area contributed by atoms with Crippen molar-refractivity contribution < 1.29 is 9.77 Å². The van der Waals surface area contributed by atoms with Gasteiger partial charge in [-0.05, 0) is 17.7 Å². The molecule has 1 rings (SSSR count). The molecule has 0 fully saturated rings. The smallest absolute Gasteiger partial charge is 0.178 e. The van der Waals surface area contributed by atoms with Gasteiger partial charge in [-0.25, -0.2) is 15.5 Å². The number of hydrazine groups is 2. The number of halogens is 1. The number of hydrogen-bond donors (Lipinski definition) is 2. The standard InChI is InChI=1S/C7H9N3O3.BrH/c1-13-7-4-2-3-6(5-7)8-9-10(11)12;/h2-5,8-9H,1H3;1H. The number of nitro groups is 1. The lowest BCUT2D eigenvalue weighted by Gasteiger charge is -2.03. The van der Waals surface area contributed by atoms with E-state index < -0.39 is 5.03 Å². The highest BCUT2D eigenvalue weighted by molar-refractivity contribution is 8.93. The lowest BCUT2D eigenvalue weighted by Crippen LogP contribution is -2.27. The van der Waals surface area contributed by atoms with Crippen LogP contribution in [0.25, 0.3) is 0 Å². The number of anilines is 1. The van der Waals surface area contributed by atoms with E-state index in [0.717, 1.165) is 0 Å². The first-order chi connectivity index (χ1) is 6.22. The highest BCUT2D eigenvalue weighted by Gasteiger charge is 1.96. The first-order valence-corrected chi connectivity index (χ1v) is 3.52. The van der Waals surface area contributed by atoms with E-state index in [4.69, 9.17) is 4.74 Å². The van der Waals surface area contributed by atoms with Crippen LogP contribution < -0.4 is 15.7 Å². The second kappa shape index (κ2) is 6.03. The fourth-order valence-corrected chi connectivity index (χ4v) is 0.811. The molecule has 0 amide bonds. The lowest BCUT2D eigenvalue weighted by atomic mass is 10.3. The molecule has 2 N–H and O–H groups in total. The molecule has 0 saturated carbocycles. The quantitative estimate of drug-likeness (QED) is 0.634. The van der Waals surface area contributed by atoms with E-state index in [0.29, 0.717) is 11.4 Å². The van der Waals surface area contributed by atoms with Crippen molar-refractivity contribution in [2.24, 2.45) is 0 Å². The molecule has 0 aliphatic carbocycles. The van der Waals surface area contributed by atoms with Crippen molar-refractivity contribution in [2.75, 3.05) is 12.5 Å². The van der Waals surface area contributed by atoms with E-state index in [9.17, 15) is 10.1 Å². The summed E-state index contributed by atoms with van der Waals surface area (Å²) >= 11 is 0. The fraction of sp³-hybridized carbons (Fsp3) is 0.143. The molecular formula is C7H10BrN3O3. The van der Waals surface area contributed by atoms with Gasteiger partial charge in [0.2, 0.25) is 0 Å². The molecule has 0 bridgehead atoms. The van der Waals surface area contributed by atoms with Gasteiger partial charge in [0.25, 0.3) is 0 Å². The lowest BCUT2D eigenvalue weighted by molar-refractivity contribution is -0.538. The van der Waals surface area contributed by atoms with Crippen LogP contribution in [-0.4, -0.2) is 12.1 Å². The predicted octanol–water partition coefficient (Wildman–Crippen LogP) is 1.38. The van der Waals surface area contributed by atoms with E-state index in [1.807, 2.05) is 5.53 Å². The van der Waals surface area contributed by atoms with Crippen LogP contribution in [0.15, 0.2) is 24.3 Å². The summed E-state index contributed by atoms with van der Waals surface area (Å²) in [6, 6.07) is 6.79. The SMILES string of the molecule is Br.COc1cccc(NN[N+](=O)[O-])c1. The van der Waals surface area contributed by atoms with Crippen molar-refractivity contribution in [2.45, 2.75) is 0 Å². The number of benzene rings is 1. The van der Waals surface area contributed by atoms with E-state index >= 15 is 0 Å². The summed E-state index contributed by atoms with van der Waals surface area (Å²) in [6.45, 7) is 0. The summed E-state index contributed by atoms with van der Waals surface area (Å²) in [6.07, 6.45) is 0. The van der Waals surface area contributed by atoms with Crippen molar-refractivity contribution in [3.63, 3.8) is 0 Å². The molecule has 0 spiro atoms. The summed E-state index contributed by atoms with van der Waals surface area (Å²) < 4.78 is 4.92. The van der Waals surface area contributed by atoms with Gasteiger partial charge in [-0.1, -0.05) is 6.07 Å². The van der Waals surface area contributed by atoms with Crippen LogP contribution >= 0.6 is 17.0 Å². The van der Waals surface area contributed by atoms with Crippen molar-refractivity contribution in [3.05, 3.63) is 34.4 Å². The molecule has 6 nitrogen and oxygen atoms in total. The van der Waals surface area contributed by atoms with E-state index in [2.05, 4.69) is 5.43 Å². The monoisotopic (exact) mass is 263 g/mol. The third-order valence-electron chi connectivity index (χ3n) is 1.36. The average molecular weight is 264 g/mol. The molecule has 14 heavy (non-hydrogen) atoms. The van der Waals surface area contributed by atoms with Crippen LogP contribution in [0.2, 0.25) is 0 Å². The maximum Gasteiger partial charge on any atom is 0.178 e. The molecule has 78 valence electrons. The van der Waals surface area contributed by atoms with Crippen molar-refractivity contribution in [1.82, 2.24) is 5.53 Å². The molecular weight excluding hydrogens is 254 g/mol. The Morgan fingerprint density at radius 2 is 2.21 bits per heavy atom. The maximum absolute atomic E-state index is 9.93. The zero-order valence-corrected chi connectivity index (χ0v) is 9.10. The molecule has 1 aromatic carbocycles. The Morgan fingerprint density at radius 3 is 2.79 bits per heavy atom. The topological polar surface area (TPSA) is 76.4 Å². The highest BCUT2D eigenvalue weighted by Crippen LogP contribution is 2.15. The Kier molecular flexibility index (Phi) is 5.38. The summed E-state index contributed by atoms with van der Waals surface area (Å²) in [4.78, 5) is 9.93. The van der Waals surface area contributed by atoms with Crippen LogP contribution in [0.5, 0.6) is 5.75 Å². The number of methoxy groups -OCH3 is 1. The van der Waals surface area contributed by atoms with Gasteiger partial charge in [0.05, 0.1) is 12.8 Å². The molecule has 0 radical (unpaired) electrons. The summed E-state index contributed by atoms with van der Waals surface area (Å²) in [5, 5.41) is 9.25. The minimum Gasteiger partial charge on any atom is -0.497 e. The summed E-state index contributed by atoms with van der Waals surface area (Å²) in [7, 11) is 1.53. The van der Waals surface area contributed by atoms with E-state index in [-0.39, 0.29) is 17.0 Å². The molecule has 1 aromatic rings. The Hall–Kier alpha value is -1.50.